The molecule has 0 saturated carbocycles. The van der Waals surface area contributed by atoms with Crippen molar-refractivity contribution in [2.75, 3.05) is 53.2 Å². The van der Waals surface area contributed by atoms with Crippen LogP contribution in [-0.2, 0) is 0 Å². The normalized spacial score (nSPS) is 20.1. The van der Waals surface area contributed by atoms with Crippen molar-refractivity contribution in [2.24, 2.45) is 11.8 Å². The fourth-order valence-electron chi connectivity index (χ4n) is 5.19. The number of rotatable bonds is 11. The molecule has 5 nitrogen and oxygen atoms in total. The molecule has 3 atom stereocenters. The lowest BCUT2D eigenvalue weighted by Gasteiger charge is -2.39. The van der Waals surface area contributed by atoms with Gasteiger partial charge in [-0.15, -0.1) is 23.1 Å². The summed E-state index contributed by atoms with van der Waals surface area (Å²) >= 11 is 3.76. The van der Waals surface area contributed by atoms with Gasteiger partial charge in [0.2, 0.25) is 0 Å². The van der Waals surface area contributed by atoms with Crippen LogP contribution in [0.4, 0.5) is 0 Å². The van der Waals surface area contributed by atoms with Gasteiger partial charge in [0.05, 0.1) is 16.8 Å². The van der Waals surface area contributed by atoms with Crippen LogP contribution in [0.1, 0.15) is 30.9 Å². The van der Waals surface area contributed by atoms with Crippen LogP contribution < -0.4 is 4.74 Å². The van der Waals surface area contributed by atoms with Crippen molar-refractivity contribution in [2.45, 2.75) is 29.5 Å². The van der Waals surface area contributed by atoms with E-state index in [2.05, 4.69) is 58.5 Å². The second kappa shape index (κ2) is 12.4. The number of hydrogen-bond acceptors (Lipinski definition) is 7. The number of piperidine rings is 1. The molecule has 4 rings (SSSR count). The first kappa shape index (κ1) is 25.5. The van der Waals surface area contributed by atoms with E-state index in [-0.39, 0.29) is 6.61 Å². The highest BCUT2D eigenvalue weighted by Gasteiger charge is 2.30. The minimum absolute atomic E-state index is 0.279. The number of aromatic nitrogens is 1. The summed E-state index contributed by atoms with van der Waals surface area (Å²) in [5.74, 6) is 2.91. The summed E-state index contributed by atoms with van der Waals surface area (Å²) in [7, 11) is 6.03. The zero-order chi connectivity index (χ0) is 23.9. The average Bonchev–Trinajstić information content (AvgIpc) is 3.38. The maximum absolute atomic E-state index is 10.2. The molecule has 0 radical (unpaired) electrons. The van der Waals surface area contributed by atoms with Crippen molar-refractivity contribution in [3.8, 4) is 5.75 Å². The fraction of sp³-hybridized carbons (Fsp3) is 0.519. The van der Waals surface area contributed by atoms with E-state index in [1.807, 2.05) is 41.4 Å². The lowest BCUT2D eigenvalue weighted by atomic mass is 9.81. The van der Waals surface area contributed by atoms with E-state index in [0.717, 1.165) is 54.9 Å². The molecule has 0 spiro atoms. The Kier molecular flexibility index (Phi) is 9.25. The minimum Gasteiger partial charge on any atom is -0.497 e. The Morgan fingerprint density at radius 3 is 2.88 bits per heavy atom. The van der Waals surface area contributed by atoms with Crippen molar-refractivity contribution in [3.05, 3.63) is 53.5 Å². The SMILES string of the molecule is COc1ccc2nccc(C(CC[C@@H]3CCN(CCSc4cccs4)C[C@@H]3CO)N(C)C)c2c1. The van der Waals surface area contributed by atoms with Crippen LogP contribution in [-0.4, -0.2) is 73.1 Å². The van der Waals surface area contributed by atoms with Gasteiger partial charge in [0.15, 0.2) is 0 Å². The topological polar surface area (TPSA) is 48.8 Å². The number of pyridine rings is 1. The van der Waals surface area contributed by atoms with Gasteiger partial charge < -0.3 is 19.6 Å². The summed E-state index contributed by atoms with van der Waals surface area (Å²) in [5, 5.41) is 13.5. The first-order valence-corrected chi connectivity index (χ1v) is 14.0. The van der Waals surface area contributed by atoms with Gasteiger partial charge >= 0.3 is 0 Å². The molecule has 0 bridgehead atoms. The molecular weight excluding hydrogens is 462 g/mol. The number of likely N-dealkylation sites (tertiary alicyclic amines) is 1. The highest BCUT2D eigenvalue weighted by molar-refractivity contribution is 8.01. The summed E-state index contributed by atoms with van der Waals surface area (Å²) in [4.78, 5) is 9.43. The third kappa shape index (κ3) is 6.32. The third-order valence-electron chi connectivity index (χ3n) is 7.13. The molecule has 0 aliphatic carbocycles. The Labute approximate surface area is 212 Å². The van der Waals surface area contributed by atoms with Crippen LogP contribution in [0, 0.1) is 11.8 Å². The monoisotopic (exact) mass is 499 g/mol. The molecule has 3 heterocycles. The van der Waals surface area contributed by atoms with Crippen LogP contribution in [0.3, 0.4) is 0 Å². The molecule has 1 unspecified atom stereocenters. The van der Waals surface area contributed by atoms with Crippen molar-refractivity contribution in [3.63, 3.8) is 0 Å². The molecule has 3 aromatic rings. The molecule has 2 aromatic heterocycles. The van der Waals surface area contributed by atoms with Gasteiger partial charge in [-0.2, -0.15) is 0 Å². The number of benzene rings is 1. The highest BCUT2D eigenvalue weighted by atomic mass is 32.2. The summed E-state index contributed by atoms with van der Waals surface area (Å²) in [6.45, 7) is 3.51. The molecule has 1 aliphatic rings. The first-order valence-electron chi connectivity index (χ1n) is 12.2. The molecule has 184 valence electrons. The molecule has 1 aromatic carbocycles. The number of aliphatic hydroxyl groups excluding tert-OH is 1. The first-order chi connectivity index (χ1) is 16.6. The van der Waals surface area contributed by atoms with E-state index in [9.17, 15) is 5.11 Å². The van der Waals surface area contributed by atoms with E-state index >= 15 is 0 Å². The lowest BCUT2D eigenvalue weighted by molar-refractivity contribution is 0.0671. The summed E-state index contributed by atoms with van der Waals surface area (Å²) < 4.78 is 6.88. The number of aliphatic hydroxyl groups is 1. The average molecular weight is 500 g/mol. The summed E-state index contributed by atoms with van der Waals surface area (Å²) in [6.07, 6.45) is 5.28. The molecule has 7 heteroatoms. The zero-order valence-electron chi connectivity index (χ0n) is 20.5. The maximum atomic E-state index is 10.2. The Bertz CT molecular complexity index is 1030. The van der Waals surface area contributed by atoms with E-state index in [1.165, 1.54) is 16.2 Å². The van der Waals surface area contributed by atoms with E-state index in [1.54, 1.807) is 7.11 Å². The van der Waals surface area contributed by atoms with Gasteiger partial charge in [-0.05, 0) is 93.0 Å². The van der Waals surface area contributed by atoms with Crippen molar-refractivity contribution in [1.29, 1.82) is 0 Å². The second-order valence-corrected chi connectivity index (χ2v) is 11.8. The van der Waals surface area contributed by atoms with Crippen LogP contribution in [0.5, 0.6) is 5.75 Å². The van der Waals surface area contributed by atoms with Gasteiger partial charge in [0.25, 0.3) is 0 Å². The quantitative estimate of drug-likeness (QED) is 0.356. The molecule has 34 heavy (non-hydrogen) atoms. The van der Waals surface area contributed by atoms with Gasteiger partial charge in [-0.1, -0.05) is 6.07 Å². The molecule has 1 aliphatic heterocycles. The van der Waals surface area contributed by atoms with Gasteiger partial charge in [-0.3, -0.25) is 4.98 Å². The van der Waals surface area contributed by atoms with E-state index in [0.29, 0.717) is 17.9 Å². The predicted octanol–water partition coefficient (Wildman–Crippen LogP) is 5.41. The Morgan fingerprint density at radius 2 is 2.15 bits per heavy atom. The van der Waals surface area contributed by atoms with Gasteiger partial charge in [-0.25, -0.2) is 0 Å². The maximum Gasteiger partial charge on any atom is 0.119 e. The number of hydrogen-bond donors (Lipinski definition) is 1. The number of methoxy groups -OCH3 is 1. The lowest BCUT2D eigenvalue weighted by Crippen LogP contribution is -2.43. The molecule has 1 saturated heterocycles. The minimum atomic E-state index is 0.279. The molecular formula is C27H37N3O2S2. The Morgan fingerprint density at radius 1 is 1.26 bits per heavy atom. The van der Waals surface area contributed by atoms with E-state index < -0.39 is 0 Å². The molecule has 0 amide bonds. The highest BCUT2D eigenvalue weighted by Crippen LogP contribution is 2.35. The van der Waals surface area contributed by atoms with Gasteiger partial charge in [0.1, 0.15) is 5.75 Å². The zero-order valence-corrected chi connectivity index (χ0v) is 22.2. The summed E-state index contributed by atoms with van der Waals surface area (Å²) in [6, 6.07) is 12.9. The molecule has 1 fully saturated rings. The van der Waals surface area contributed by atoms with Crippen molar-refractivity contribution in [1.82, 2.24) is 14.8 Å². The second-order valence-electron chi connectivity index (χ2n) is 9.41. The number of fused-ring (bicyclic) bond motifs is 1. The van der Waals surface area contributed by atoms with Crippen LogP contribution in [0.2, 0.25) is 0 Å². The molecule has 1 N–H and O–H groups in total. The smallest absolute Gasteiger partial charge is 0.119 e. The van der Waals surface area contributed by atoms with Crippen LogP contribution in [0.25, 0.3) is 10.9 Å². The van der Waals surface area contributed by atoms with Crippen molar-refractivity contribution < 1.29 is 9.84 Å². The third-order valence-corrected chi connectivity index (χ3v) is 9.24. The fourth-order valence-corrected chi connectivity index (χ4v) is 7.06. The number of nitrogens with zero attached hydrogens (tertiary/aromatic N) is 3. The summed E-state index contributed by atoms with van der Waals surface area (Å²) in [5.41, 5.74) is 2.31. The van der Waals surface area contributed by atoms with Gasteiger partial charge in [0, 0.05) is 43.1 Å². The number of thiophene rings is 1. The van der Waals surface area contributed by atoms with Crippen LogP contribution in [0.15, 0.2) is 52.2 Å². The number of thioether (sulfide) groups is 1. The number of ether oxygens (including phenoxy) is 1. The van der Waals surface area contributed by atoms with Crippen LogP contribution >= 0.6 is 23.1 Å². The van der Waals surface area contributed by atoms with Crippen molar-refractivity contribution >= 4 is 34.0 Å². The Hall–Kier alpha value is -1.64. The standard InChI is InChI=1S/C27H37N3O2S2/c1-29(2)26(23-10-12-28-25-8-7-22(32-3)17-24(23)25)9-6-20-11-13-30(18-21(20)19-31)14-16-34-27-5-4-15-33-27/h4-5,7-8,10,12,15,17,20-21,26,31H,6,9,11,13-14,16,18-19H2,1-3H3/t20-,21-,26?/m1/s1. The Balaban J connectivity index is 1.37. The van der Waals surface area contributed by atoms with E-state index in [4.69, 9.17) is 4.74 Å². The largest absolute Gasteiger partial charge is 0.497 e. The predicted molar refractivity (Wildman–Crippen MR) is 144 cm³/mol.